The zero-order chi connectivity index (χ0) is 17.6. The quantitative estimate of drug-likeness (QED) is 0.722. The molecule has 0 saturated carbocycles. The Hall–Kier alpha value is -2.48. The van der Waals surface area contributed by atoms with Gasteiger partial charge in [0.05, 0.1) is 12.2 Å². The maximum absolute atomic E-state index is 12.8. The van der Waals surface area contributed by atoms with Gasteiger partial charge in [-0.3, -0.25) is 0 Å². The Morgan fingerprint density at radius 1 is 1.21 bits per heavy atom. The van der Waals surface area contributed by atoms with Crippen LogP contribution in [-0.2, 0) is 6.54 Å². The minimum atomic E-state index is -2.90. The van der Waals surface area contributed by atoms with Crippen molar-refractivity contribution in [3.8, 4) is 11.6 Å². The summed E-state index contributed by atoms with van der Waals surface area (Å²) in [5.41, 5.74) is 4.19. The average Bonchev–Trinajstić information content (AvgIpc) is 2.52. The Morgan fingerprint density at radius 3 is 2.71 bits per heavy atom. The maximum Gasteiger partial charge on any atom is 0.278 e. The SMILES string of the molecule is CNc1cc(ONCc2cccc(OCC(C)(F)F)n2)cc(C)n1. The standard InChI is InChI=1S/C16H20F2N4O2/c1-11-7-13(8-14(19-3)21-11)24-20-9-12-5-4-6-15(22-12)23-10-16(2,17)18/h4-8,20H,9-10H2,1-3H3,(H,19,21). The minimum Gasteiger partial charge on any atom is -0.471 e. The second kappa shape index (κ2) is 7.87. The lowest BCUT2D eigenvalue weighted by molar-refractivity contribution is -0.0243. The fourth-order valence-electron chi connectivity index (χ4n) is 1.85. The molecular weight excluding hydrogens is 318 g/mol. The summed E-state index contributed by atoms with van der Waals surface area (Å²) in [5.74, 6) is -1.46. The number of aryl methyl sites for hydroxylation is 1. The molecule has 0 spiro atoms. The number of pyridine rings is 2. The van der Waals surface area contributed by atoms with Crippen LogP contribution in [0.15, 0.2) is 30.3 Å². The van der Waals surface area contributed by atoms with Gasteiger partial charge in [-0.25, -0.2) is 18.7 Å². The molecule has 2 rings (SSSR count). The average molecular weight is 338 g/mol. The molecule has 0 atom stereocenters. The summed E-state index contributed by atoms with van der Waals surface area (Å²) in [6.45, 7) is 2.23. The highest BCUT2D eigenvalue weighted by Crippen LogP contribution is 2.17. The Bertz CT molecular complexity index is 677. The van der Waals surface area contributed by atoms with Gasteiger partial charge in [0.15, 0.2) is 12.4 Å². The molecule has 0 unspecified atom stereocenters. The molecule has 0 aromatic carbocycles. The van der Waals surface area contributed by atoms with Crippen molar-refractivity contribution in [2.75, 3.05) is 19.0 Å². The summed E-state index contributed by atoms with van der Waals surface area (Å²) in [7, 11) is 1.77. The first-order chi connectivity index (χ1) is 11.4. The third kappa shape index (κ3) is 5.96. The van der Waals surface area contributed by atoms with Gasteiger partial charge in [-0.1, -0.05) is 6.07 Å². The minimum absolute atomic E-state index is 0.146. The van der Waals surface area contributed by atoms with Gasteiger partial charge >= 0.3 is 0 Å². The van der Waals surface area contributed by atoms with Crippen molar-refractivity contribution in [2.45, 2.75) is 26.3 Å². The second-order valence-corrected chi connectivity index (χ2v) is 5.33. The van der Waals surface area contributed by atoms with Crippen molar-refractivity contribution < 1.29 is 18.4 Å². The first-order valence-electron chi connectivity index (χ1n) is 7.38. The number of hydroxylamine groups is 1. The number of hydrogen-bond donors (Lipinski definition) is 2. The molecule has 0 saturated heterocycles. The van der Waals surface area contributed by atoms with E-state index in [4.69, 9.17) is 9.57 Å². The van der Waals surface area contributed by atoms with E-state index in [2.05, 4.69) is 20.8 Å². The van der Waals surface area contributed by atoms with Gasteiger partial charge in [-0.05, 0) is 13.0 Å². The first-order valence-corrected chi connectivity index (χ1v) is 7.38. The van der Waals surface area contributed by atoms with Crippen LogP contribution in [0, 0.1) is 6.92 Å². The summed E-state index contributed by atoms with van der Waals surface area (Å²) in [5, 5.41) is 2.94. The lowest BCUT2D eigenvalue weighted by atomic mass is 10.3. The molecule has 2 N–H and O–H groups in total. The van der Waals surface area contributed by atoms with Gasteiger partial charge in [0, 0.05) is 37.9 Å². The van der Waals surface area contributed by atoms with Crippen molar-refractivity contribution in [3.63, 3.8) is 0 Å². The van der Waals surface area contributed by atoms with Gasteiger partial charge < -0.3 is 14.9 Å². The van der Waals surface area contributed by atoms with Crippen LogP contribution >= 0.6 is 0 Å². The molecule has 24 heavy (non-hydrogen) atoms. The van der Waals surface area contributed by atoms with Crippen LogP contribution < -0.4 is 20.4 Å². The molecule has 8 heteroatoms. The van der Waals surface area contributed by atoms with Crippen LogP contribution in [0.2, 0.25) is 0 Å². The van der Waals surface area contributed by atoms with E-state index < -0.39 is 12.5 Å². The summed E-state index contributed by atoms with van der Waals surface area (Å²) in [6, 6.07) is 8.48. The molecular formula is C16H20F2N4O2. The van der Waals surface area contributed by atoms with Crippen LogP contribution in [0.4, 0.5) is 14.6 Å². The number of aromatic nitrogens is 2. The van der Waals surface area contributed by atoms with E-state index in [1.54, 1.807) is 31.3 Å². The van der Waals surface area contributed by atoms with Gasteiger partial charge in [0.25, 0.3) is 5.92 Å². The largest absolute Gasteiger partial charge is 0.471 e. The van der Waals surface area contributed by atoms with Gasteiger partial charge in [0.1, 0.15) is 5.82 Å². The fraction of sp³-hybridized carbons (Fsp3) is 0.375. The van der Waals surface area contributed by atoms with E-state index in [0.29, 0.717) is 17.3 Å². The number of anilines is 1. The van der Waals surface area contributed by atoms with Crippen LogP contribution in [0.5, 0.6) is 11.6 Å². The van der Waals surface area contributed by atoms with Crippen molar-refractivity contribution in [1.82, 2.24) is 15.4 Å². The lowest BCUT2D eigenvalue weighted by Gasteiger charge is -2.12. The molecule has 2 aromatic rings. The van der Waals surface area contributed by atoms with E-state index in [-0.39, 0.29) is 12.4 Å². The van der Waals surface area contributed by atoms with Crippen LogP contribution in [0.25, 0.3) is 0 Å². The molecule has 0 aliphatic heterocycles. The lowest BCUT2D eigenvalue weighted by Crippen LogP contribution is -2.22. The maximum atomic E-state index is 12.8. The van der Waals surface area contributed by atoms with Crippen molar-refractivity contribution in [3.05, 3.63) is 41.7 Å². The Kier molecular flexibility index (Phi) is 5.86. The third-order valence-corrected chi connectivity index (χ3v) is 2.88. The Morgan fingerprint density at radius 2 is 2.00 bits per heavy atom. The predicted octanol–water partition coefficient (Wildman–Crippen LogP) is 2.94. The number of ether oxygens (including phenoxy) is 1. The second-order valence-electron chi connectivity index (χ2n) is 5.33. The highest BCUT2D eigenvalue weighted by Gasteiger charge is 2.22. The predicted molar refractivity (Wildman–Crippen MR) is 86.3 cm³/mol. The Balaban J connectivity index is 1.89. The number of halogens is 2. The van der Waals surface area contributed by atoms with Crippen LogP contribution in [-0.4, -0.2) is 29.5 Å². The van der Waals surface area contributed by atoms with Gasteiger partial charge in [-0.15, -0.1) is 0 Å². The van der Waals surface area contributed by atoms with E-state index in [1.165, 1.54) is 6.07 Å². The van der Waals surface area contributed by atoms with E-state index in [0.717, 1.165) is 12.6 Å². The summed E-state index contributed by atoms with van der Waals surface area (Å²) in [4.78, 5) is 13.9. The van der Waals surface area contributed by atoms with E-state index >= 15 is 0 Å². The van der Waals surface area contributed by atoms with Crippen LogP contribution in [0.1, 0.15) is 18.3 Å². The zero-order valence-electron chi connectivity index (χ0n) is 13.8. The number of alkyl halides is 2. The number of nitrogens with zero attached hydrogens (tertiary/aromatic N) is 2. The highest BCUT2D eigenvalue weighted by molar-refractivity contribution is 5.41. The van der Waals surface area contributed by atoms with E-state index in [1.807, 2.05) is 6.92 Å². The monoisotopic (exact) mass is 338 g/mol. The third-order valence-electron chi connectivity index (χ3n) is 2.88. The molecule has 0 amide bonds. The molecule has 6 nitrogen and oxygen atoms in total. The van der Waals surface area contributed by atoms with Gasteiger partial charge in [0.2, 0.25) is 5.88 Å². The molecule has 0 aliphatic carbocycles. The summed E-state index contributed by atoms with van der Waals surface area (Å²) < 4.78 is 30.6. The Labute approximate surface area is 139 Å². The molecule has 0 bridgehead atoms. The molecule has 0 aliphatic rings. The smallest absolute Gasteiger partial charge is 0.278 e. The first kappa shape index (κ1) is 17.9. The van der Waals surface area contributed by atoms with Crippen LogP contribution in [0.3, 0.4) is 0 Å². The molecule has 2 heterocycles. The normalized spacial score (nSPS) is 11.2. The summed E-state index contributed by atoms with van der Waals surface area (Å²) in [6.07, 6.45) is 0. The van der Waals surface area contributed by atoms with Gasteiger partial charge in [-0.2, -0.15) is 5.48 Å². The molecule has 2 aromatic heterocycles. The van der Waals surface area contributed by atoms with Crippen molar-refractivity contribution in [2.24, 2.45) is 0 Å². The number of rotatable bonds is 8. The molecule has 130 valence electrons. The molecule has 0 radical (unpaired) electrons. The molecule has 0 fully saturated rings. The number of hydrogen-bond acceptors (Lipinski definition) is 6. The number of nitrogens with one attached hydrogen (secondary N) is 2. The van der Waals surface area contributed by atoms with E-state index in [9.17, 15) is 8.78 Å². The zero-order valence-corrected chi connectivity index (χ0v) is 13.8. The van der Waals surface area contributed by atoms with Crippen molar-refractivity contribution in [1.29, 1.82) is 0 Å². The fourth-order valence-corrected chi connectivity index (χ4v) is 1.85. The topological polar surface area (TPSA) is 68.3 Å². The highest BCUT2D eigenvalue weighted by atomic mass is 19.3. The summed E-state index contributed by atoms with van der Waals surface area (Å²) >= 11 is 0. The van der Waals surface area contributed by atoms with Crippen molar-refractivity contribution >= 4 is 5.82 Å².